The number of thiol groups is 1. The molecule has 0 saturated carbocycles. The molecule has 0 fully saturated rings. The molecular formula is CH5O3P2S2+. The van der Waals surface area contributed by atoms with Gasteiger partial charge in [-0.05, 0) is 16.4 Å². The first-order valence-corrected chi connectivity index (χ1v) is 7.03. The maximum Gasteiger partial charge on any atom is 0.588 e. The van der Waals surface area contributed by atoms with E-state index in [4.69, 9.17) is 4.89 Å². The van der Waals surface area contributed by atoms with Crippen LogP contribution >= 0.6 is 26.0 Å². The molecule has 0 amide bonds. The molecule has 2 unspecified atom stereocenters. The summed E-state index contributed by atoms with van der Waals surface area (Å²) in [7, 11) is -2.05. The molecule has 1 N–H and O–H groups in total. The fourth-order valence-corrected chi connectivity index (χ4v) is 3.44. The van der Waals surface area contributed by atoms with E-state index in [-0.39, 0.29) is 0 Å². The Kier molecular flexibility index (Phi) is 3.67. The van der Waals surface area contributed by atoms with Crippen LogP contribution in [-0.4, -0.2) is 11.6 Å². The Balaban J connectivity index is 3.74. The van der Waals surface area contributed by atoms with Gasteiger partial charge in [0.05, 0.1) is 0 Å². The van der Waals surface area contributed by atoms with Gasteiger partial charge in [-0.1, -0.05) is 4.31 Å². The van der Waals surface area contributed by atoms with Gasteiger partial charge in [0.1, 0.15) is 12.2 Å². The Morgan fingerprint density at radius 1 is 2.00 bits per heavy atom. The SMILES string of the molecule is CP(O)(=S)O[P+](=O)S. The molecule has 0 rings (SSSR count). The highest BCUT2D eigenvalue weighted by Crippen LogP contribution is 2.49. The lowest BCUT2D eigenvalue weighted by molar-refractivity contribution is 0.487. The van der Waals surface area contributed by atoms with Crippen LogP contribution in [0.25, 0.3) is 0 Å². The lowest BCUT2D eigenvalue weighted by Crippen LogP contribution is -1.71. The summed E-state index contributed by atoms with van der Waals surface area (Å²) in [5.41, 5.74) is 0. The van der Waals surface area contributed by atoms with Gasteiger partial charge in [-0.2, -0.15) is 0 Å². The van der Waals surface area contributed by atoms with Crippen LogP contribution in [-0.2, 0) is 20.7 Å². The third kappa shape index (κ3) is 7.02. The van der Waals surface area contributed by atoms with E-state index < -0.39 is 13.7 Å². The van der Waals surface area contributed by atoms with Gasteiger partial charge in [-0.25, -0.2) is 0 Å². The summed E-state index contributed by atoms with van der Waals surface area (Å²) in [5.74, 6) is 0. The van der Waals surface area contributed by atoms with Crippen LogP contribution in [0.5, 0.6) is 0 Å². The zero-order valence-corrected chi connectivity index (χ0v) is 7.51. The van der Waals surface area contributed by atoms with Crippen LogP contribution in [0.1, 0.15) is 0 Å². The molecule has 0 bridgehead atoms. The van der Waals surface area contributed by atoms with E-state index in [9.17, 15) is 4.57 Å². The molecule has 0 heterocycles. The predicted molar refractivity (Wildman–Crippen MR) is 40.1 cm³/mol. The zero-order chi connectivity index (χ0) is 6.78. The third-order valence-corrected chi connectivity index (χ3v) is 3.25. The maximum atomic E-state index is 10.1. The molecule has 2 atom stereocenters. The summed E-state index contributed by atoms with van der Waals surface area (Å²) < 4.78 is 14.3. The van der Waals surface area contributed by atoms with Gasteiger partial charge in [-0.15, -0.1) is 0 Å². The van der Waals surface area contributed by atoms with Crippen molar-refractivity contribution in [2.24, 2.45) is 0 Å². The van der Waals surface area contributed by atoms with E-state index in [2.05, 4.69) is 28.4 Å². The minimum atomic E-state index is -2.75. The standard InChI is InChI=1S/CH4O3P2S2/c1-6(3,8)4-5(2)7/h1H3,(H-,2,3,7,8)/p+1. The van der Waals surface area contributed by atoms with Crippen molar-refractivity contribution < 1.29 is 13.8 Å². The van der Waals surface area contributed by atoms with Gasteiger partial charge in [0.15, 0.2) is 0 Å². The van der Waals surface area contributed by atoms with Crippen molar-refractivity contribution in [1.82, 2.24) is 0 Å². The van der Waals surface area contributed by atoms with Crippen LogP contribution in [0, 0.1) is 0 Å². The monoisotopic (exact) mass is 191 g/mol. The smallest absolute Gasteiger partial charge is 0.342 e. The largest absolute Gasteiger partial charge is 0.588 e. The fraction of sp³-hybridized carbons (Fsp3) is 1.00. The molecule has 7 heteroatoms. The van der Waals surface area contributed by atoms with E-state index >= 15 is 0 Å². The molecule has 0 aromatic carbocycles. The molecule has 0 aromatic rings. The fourth-order valence-electron chi connectivity index (χ4n) is 0.130. The second kappa shape index (κ2) is 3.25. The Morgan fingerprint density at radius 3 is 2.38 bits per heavy atom. The normalized spacial score (nSPS) is 19.6. The maximum absolute atomic E-state index is 10.1. The average Bonchev–Trinajstić information content (AvgIpc) is 1.21. The highest BCUT2D eigenvalue weighted by Gasteiger charge is 2.20. The van der Waals surface area contributed by atoms with E-state index in [1.807, 2.05) is 0 Å². The molecule has 8 heavy (non-hydrogen) atoms. The van der Waals surface area contributed by atoms with Crippen molar-refractivity contribution in [3.05, 3.63) is 0 Å². The second-order valence-corrected chi connectivity index (χ2v) is 6.87. The summed E-state index contributed by atoms with van der Waals surface area (Å²) >= 11 is 7.75. The highest BCUT2D eigenvalue weighted by molar-refractivity contribution is 8.40. The van der Waals surface area contributed by atoms with Crippen LogP contribution in [0.2, 0.25) is 0 Å². The van der Waals surface area contributed by atoms with Crippen LogP contribution in [0.3, 0.4) is 0 Å². The molecule has 48 valence electrons. The van der Waals surface area contributed by atoms with Crippen molar-refractivity contribution in [1.29, 1.82) is 0 Å². The van der Waals surface area contributed by atoms with E-state index in [0.717, 1.165) is 0 Å². The molecule has 0 aromatic heterocycles. The van der Waals surface area contributed by atoms with E-state index in [1.165, 1.54) is 6.66 Å². The number of hydrogen-bond acceptors (Lipinski definition) is 3. The number of rotatable bonds is 2. The molecule has 0 saturated heterocycles. The van der Waals surface area contributed by atoms with Gasteiger partial charge < -0.3 is 4.89 Å². The van der Waals surface area contributed by atoms with Gasteiger partial charge in [0.25, 0.3) is 0 Å². The Bertz CT molecular complexity index is 138. The molecule has 0 aliphatic rings. The first-order valence-electron chi connectivity index (χ1n) is 1.58. The summed E-state index contributed by atoms with van der Waals surface area (Å²) in [6.45, 7) is -1.44. The summed E-state index contributed by atoms with van der Waals surface area (Å²) in [4.78, 5) is 8.66. The van der Waals surface area contributed by atoms with Crippen molar-refractivity contribution in [2.75, 3.05) is 6.66 Å². The first kappa shape index (κ1) is 9.02. The summed E-state index contributed by atoms with van der Waals surface area (Å²) in [6.07, 6.45) is 0. The predicted octanol–water partition coefficient (Wildman–Crippen LogP) is 1.52. The van der Waals surface area contributed by atoms with Crippen molar-refractivity contribution in [3.8, 4) is 0 Å². The van der Waals surface area contributed by atoms with Crippen molar-refractivity contribution in [2.45, 2.75) is 0 Å². The Labute approximate surface area is 58.6 Å². The van der Waals surface area contributed by atoms with Crippen LogP contribution in [0.4, 0.5) is 0 Å². The van der Waals surface area contributed by atoms with Crippen molar-refractivity contribution in [3.63, 3.8) is 0 Å². The minimum Gasteiger partial charge on any atom is -0.342 e. The van der Waals surface area contributed by atoms with Gasteiger partial charge in [0, 0.05) is 6.66 Å². The Hall–Kier alpha value is 1.02. The molecule has 0 aliphatic carbocycles. The lowest BCUT2D eigenvalue weighted by atomic mass is 12.0. The van der Waals surface area contributed by atoms with Gasteiger partial charge in [-0.3, -0.25) is 0 Å². The summed E-state index contributed by atoms with van der Waals surface area (Å²) in [5, 5.41) is 0. The van der Waals surface area contributed by atoms with Crippen LogP contribution in [0.15, 0.2) is 0 Å². The zero-order valence-electron chi connectivity index (χ0n) is 4.01. The van der Waals surface area contributed by atoms with Crippen molar-refractivity contribution >= 4 is 37.8 Å². The molecular weight excluding hydrogens is 186 g/mol. The third-order valence-electron chi connectivity index (χ3n) is 0.221. The molecule has 0 radical (unpaired) electrons. The first-order chi connectivity index (χ1) is 3.42. The lowest BCUT2D eigenvalue weighted by Gasteiger charge is -1.93. The minimum absolute atomic E-state index is 1.31. The number of hydrogen-bond donors (Lipinski definition) is 2. The molecule has 3 nitrogen and oxygen atoms in total. The van der Waals surface area contributed by atoms with E-state index in [1.54, 1.807) is 0 Å². The summed E-state index contributed by atoms with van der Waals surface area (Å²) in [6, 6.07) is 0. The van der Waals surface area contributed by atoms with Gasteiger partial charge in [0.2, 0.25) is 6.49 Å². The van der Waals surface area contributed by atoms with Gasteiger partial charge >= 0.3 is 7.23 Å². The second-order valence-electron chi connectivity index (χ2n) is 1.12. The molecule has 0 spiro atoms. The average molecular weight is 191 g/mol. The quantitative estimate of drug-likeness (QED) is 0.513. The van der Waals surface area contributed by atoms with Crippen LogP contribution < -0.4 is 0 Å². The topological polar surface area (TPSA) is 46.5 Å². The Morgan fingerprint density at radius 2 is 2.38 bits per heavy atom. The highest BCUT2D eigenvalue weighted by atomic mass is 32.7. The van der Waals surface area contributed by atoms with E-state index in [0.29, 0.717) is 0 Å². The molecule has 0 aliphatic heterocycles.